The monoisotopic (exact) mass is 363 g/mol. The summed E-state index contributed by atoms with van der Waals surface area (Å²) in [7, 11) is 0. The second-order valence-corrected chi connectivity index (χ2v) is 8.19. The Morgan fingerprint density at radius 3 is 2.81 bits per heavy atom. The lowest BCUT2D eigenvalue weighted by atomic mass is 9.95. The van der Waals surface area contributed by atoms with E-state index in [0.29, 0.717) is 10.6 Å². The maximum absolute atomic E-state index is 13.3. The second-order valence-electron chi connectivity index (χ2n) is 7.19. The van der Waals surface area contributed by atoms with Gasteiger partial charge in [-0.2, -0.15) is 0 Å². The Balaban J connectivity index is 1.59. The van der Waals surface area contributed by atoms with Gasteiger partial charge in [0.25, 0.3) is 5.91 Å². The number of para-hydroxylation sites is 1. The third-order valence-electron chi connectivity index (χ3n) is 5.55. The van der Waals surface area contributed by atoms with Gasteiger partial charge in [-0.3, -0.25) is 4.79 Å². The number of aromatic nitrogens is 1. The molecule has 1 amide bonds. The van der Waals surface area contributed by atoms with Crippen LogP contribution in [0.5, 0.6) is 0 Å². The van der Waals surface area contributed by atoms with E-state index in [-0.39, 0.29) is 5.91 Å². The smallest absolute Gasteiger partial charge is 0.270 e. The molecule has 1 aliphatic heterocycles. The Morgan fingerprint density at radius 2 is 1.88 bits per heavy atom. The first-order valence-corrected chi connectivity index (χ1v) is 10.1. The molecule has 0 unspecified atom stereocenters. The highest BCUT2D eigenvalue weighted by Gasteiger charge is 2.27. The quantitative estimate of drug-likeness (QED) is 0.699. The number of anilines is 2. The summed E-state index contributed by atoms with van der Waals surface area (Å²) in [4.78, 5) is 21.6. The Labute approximate surface area is 156 Å². The van der Waals surface area contributed by atoms with Gasteiger partial charge in [0.05, 0.1) is 5.69 Å². The van der Waals surface area contributed by atoms with Crippen molar-refractivity contribution >= 4 is 38.8 Å². The minimum atomic E-state index is 0.00984. The van der Waals surface area contributed by atoms with Gasteiger partial charge in [0.1, 0.15) is 9.71 Å². The van der Waals surface area contributed by atoms with Crippen LogP contribution in [0.1, 0.15) is 45.8 Å². The van der Waals surface area contributed by atoms with E-state index >= 15 is 0 Å². The van der Waals surface area contributed by atoms with E-state index in [9.17, 15) is 4.79 Å². The SMILES string of the molecule is Nc1c(C(=O)N2CCCc3ccccc32)sc2nc3c(cc12)CCCC3. The Morgan fingerprint density at radius 1 is 1.08 bits per heavy atom. The number of pyridine rings is 1. The summed E-state index contributed by atoms with van der Waals surface area (Å²) in [5, 5.41) is 0.948. The van der Waals surface area contributed by atoms with E-state index in [4.69, 9.17) is 10.7 Å². The average molecular weight is 363 g/mol. The van der Waals surface area contributed by atoms with Crippen LogP contribution < -0.4 is 10.6 Å². The van der Waals surface area contributed by atoms with Gasteiger partial charge >= 0.3 is 0 Å². The van der Waals surface area contributed by atoms with Gasteiger partial charge < -0.3 is 10.6 Å². The molecule has 0 spiro atoms. The lowest BCUT2D eigenvalue weighted by Crippen LogP contribution is -2.35. The Bertz CT molecular complexity index is 1020. The minimum Gasteiger partial charge on any atom is -0.397 e. The molecule has 132 valence electrons. The molecule has 0 saturated carbocycles. The molecule has 26 heavy (non-hydrogen) atoms. The van der Waals surface area contributed by atoms with Crippen LogP contribution in [0.4, 0.5) is 11.4 Å². The van der Waals surface area contributed by atoms with Crippen molar-refractivity contribution in [2.75, 3.05) is 17.2 Å². The normalized spacial score (nSPS) is 16.4. The van der Waals surface area contributed by atoms with Crippen LogP contribution in [0.2, 0.25) is 0 Å². The molecule has 3 heterocycles. The molecule has 1 aliphatic carbocycles. The highest BCUT2D eigenvalue weighted by Crippen LogP contribution is 2.38. The zero-order valence-corrected chi connectivity index (χ0v) is 15.4. The average Bonchev–Trinajstić information content (AvgIpc) is 3.01. The minimum absolute atomic E-state index is 0.00984. The van der Waals surface area contributed by atoms with Crippen LogP contribution >= 0.6 is 11.3 Å². The molecular weight excluding hydrogens is 342 g/mol. The van der Waals surface area contributed by atoms with Crippen molar-refractivity contribution in [3.8, 4) is 0 Å². The number of thiophene rings is 1. The predicted molar refractivity (Wildman–Crippen MR) is 107 cm³/mol. The number of carbonyl (C=O) groups is 1. The number of fused-ring (bicyclic) bond motifs is 3. The molecule has 2 aliphatic rings. The van der Waals surface area contributed by atoms with Gasteiger partial charge in [-0.25, -0.2) is 4.98 Å². The number of benzene rings is 1. The number of amides is 1. The van der Waals surface area contributed by atoms with Gasteiger partial charge in [0.15, 0.2) is 0 Å². The van der Waals surface area contributed by atoms with E-state index in [1.807, 2.05) is 23.1 Å². The molecular formula is C21H21N3OS. The third-order valence-corrected chi connectivity index (χ3v) is 6.65. The van der Waals surface area contributed by atoms with Gasteiger partial charge in [-0.15, -0.1) is 11.3 Å². The number of carbonyl (C=O) groups excluding carboxylic acids is 1. The largest absolute Gasteiger partial charge is 0.397 e. The number of nitrogens with zero attached hydrogens (tertiary/aromatic N) is 2. The summed E-state index contributed by atoms with van der Waals surface area (Å²) in [6, 6.07) is 10.3. The molecule has 2 aromatic heterocycles. The number of aryl methyl sites for hydroxylation is 3. The Hall–Kier alpha value is -2.40. The van der Waals surface area contributed by atoms with Crippen LogP contribution in [-0.2, 0) is 19.3 Å². The van der Waals surface area contributed by atoms with E-state index in [2.05, 4.69) is 12.1 Å². The number of hydrogen-bond acceptors (Lipinski definition) is 4. The first-order chi connectivity index (χ1) is 12.7. The molecule has 0 radical (unpaired) electrons. The highest BCUT2D eigenvalue weighted by molar-refractivity contribution is 7.21. The van der Waals surface area contributed by atoms with Crippen LogP contribution in [0.25, 0.3) is 10.2 Å². The molecule has 0 atom stereocenters. The zero-order chi connectivity index (χ0) is 17.7. The van der Waals surface area contributed by atoms with E-state index in [0.717, 1.165) is 48.1 Å². The van der Waals surface area contributed by atoms with E-state index in [1.165, 1.54) is 41.0 Å². The summed E-state index contributed by atoms with van der Waals surface area (Å²) >= 11 is 1.45. The van der Waals surface area contributed by atoms with Crippen molar-refractivity contribution in [1.29, 1.82) is 0 Å². The van der Waals surface area contributed by atoms with Crippen LogP contribution in [0.15, 0.2) is 30.3 Å². The summed E-state index contributed by atoms with van der Waals surface area (Å²) in [6.45, 7) is 0.744. The maximum atomic E-state index is 13.3. The molecule has 4 nitrogen and oxygen atoms in total. The fourth-order valence-electron chi connectivity index (χ4n) is 4.19. The lowest BCUT2D eigenvalue weighted by Gasteiger charge is -2.29. The fourth-order valence-corrected chi connectivity index (χ4v) is 5.23. The number of rotatable bonds is 1. The van der Waals surface area contributed by atoms with Crippen molar-refractivity contribution in [1.82, 2.24) is 4.98 Å². The summed E-state index contributed by atoms with van der Waals surface area (Å²) < 4.78 is 0. The fraction of sp³-hybridized carbons (Fsp3) is 0.333. The van der Waals surface area contributed by atoms with Crippen molar-refractivity contribution in [2.45, 2.75) is 38.5 Å². The number of nitrogens with two attached hydrogens (primary N) is 1. The van der Waals surface area contributed by atoms with Gasteiger partial charge in [-0.05, 0) is 61.8 Å². The van der Waals surface area contributed by atoms with E-state index < -0.39 is 0 Å². The number of nitrogen functional groups attached to an aromatic ring is 1. The molecule has 0 bridgehead atoms. The van der Waals surface area contributed by atoms with E-state index in [1.54, 1.807) is 0 Å². The van der Waals surface area contributed by atoms with Crippen LogP contribution in [0, 0.1) is 0 Å². The van der Waals surface area contributed by atoms with Gasteiger partial charge in [-0.1, -0.05) is 18.2 Å². The summed E-state index contributed by atoms with van der Waals surface area (Å²) in [5.41, 5.74) is 11.8. The molecule has 5 heteroatoms. The van der Waals surface area contributed by atoms with Crippen LogP contribution in [0.3, 0.4) is 0 Å². The molecule has 0 saturated heterocycles. The molecule has 3 aromatic rings. The van der Waals surface area contributed by atoms with Gasteiger partial charge in [0.2, 0.25) is 0 Å². The van der Waals surface area contributed by atoms with Crippen molar-refractivity contribution in [2.24, 2.45) is 0 Å². The third kappa shape index (κ3) is 2.42. The Kier molecular flexibility index (Phi) is 3.71. The van der Waals surface area contributed by atoms with Crippen molar-refractivity contribution in [3.05, 3.63) is 52.0 Å². The predicted octanol–water partition coefficient (Wildman–Crippen LogP) is 4.35. The first-order valence-electron chi connectivity index (χ1n) is 9.33. The summed E-state index contributed by atoms with van der Waals surface area (Å²) in [6.07, 6.45) is 6.52. The maximum Gasteiger partial charge on any atom is 0.270 e. The van der Waals surface area contributed by atoms with Crippen molar-refractivity contribution in [3.63, 3.8) is 0 Å². The van der Waals surface area contributed by atoms with Crippen molar-refractivity contribution < 1.29 is 4.79 Å². The standard InChI is InChI=1S/C21H21N3OS/c22-18-15-12-14-7-1-3-9-16(14)23-20(15)26-19(18)21(25)24-11-5-8-13-6-2-4-10-17(13)24/h2,4,6,10,12H,1,3,5,7-9,11,22H2. The molecule has 2 N–H and O–H groups in total. The first kappa shape index (κ1) is 15.8. The highest BCUT2D eigenvalue weighted by atomic mass is 32.1. The molecule has 5 rings (SSSR count). The zero-order valence-electron chi connectivity index (χ0n) is 14.6. The van der Waals surface area contributed by atoms with Gasteiger partial charge in [0, 0.05) is 23.3 Å². The molecule has 1 aromatic carbocycles. The lowest BCUT2D eigenvalue weighted by molar-refractivity contribution is 0.0990. The number of hydrogen-bond donors (Lipinski definition) is 1. The van der Waals surface area contributed by atoms with Crippen LogP contribution in [-0.4, -0.2) is 17.4 Å². The summed E-state index contributed by atoms with van der Waals surface area (Å²) in [5.74, 6) is 0.00984. The second kappa shape index (κ2) is 6.09. The topological polar surface area (TPSA) is 59.2 Å². The molecule has 0 fully saturated rings.